The summed E-state index contributed by atoms with van der Waals surface area (Å²) in [6.07, 6.45) is 1.32. The predicted molar refractivity (Wildman–Crippen MR) is 114 cm³/mol. The van der Waals surface area contributed by atoms with Crippen molar-refractivity contribution in [2.45, 2.75) is 13.1 Å². The van der Waals surface area contributed by atoms with Crippen LogP contribution in [0.4, 0.5) is 10.1 Å². The van der Waals surface area contributed by atoms with E-state index >= 15 is 0 Å². The van der Waals surface area contributed by atoms with E-state index in [2.05, 4.69) is 33.2 Å². The molecular weight excluding hydrogens is 385 g/mol. The SMILES string of the molecule is CN1CCN(c2ccccc2CNC(=O)Cn2cnc3ccc(F)cc3c2=O)CC1. The Balaban J connectivity index is 1.44. The highest BCUT2D eigenvalue weighted by Crippen LogP contribution is 2.21. The maximum absolute atomic E-state index is 13.5. The number of piperazine rings is 1. The third kappa shape index (κ3) is 4.33. The van der Waals surface area contributed by atoms with Crippen LogP contribution in [0.1, 0.15) is 5.56 Å². The molecule has 1 aromatic heterocycles. The van der Waals surface area contributed by atoms with Crippen LogP contribution in [0.2, 0.25) is 0 Å². The van der Waals surface area contributed by atoms with Crippen LogP contribution >= 0.6 is 0 Å². The van der Waals surface area contributed by atoms with Crippen molar-refractivity contribution in [1.29, 1.82) is 0 Å². The molecule has 30 heavy (non-hydrogen) atoms. The number of nitrogens with zero attached hydrogens (tertiary/aromatic N) is 4. The van der Waals surface area contributed by atoms with Gasteiger partial charge in [-0.15, -0.1) is 0 Å². The van der Waals surface area contributed by atoms with Gasteiger partial charge in [-0.3, -0.25) is 14.2 Å². The number of aromatic nitrogens is 2. The van der Waals surface area contributed by atoms with Crippen LogP contribution in [-0.4, -0.2) is 53.6 Å². The molecule has 2 heterocycles. The van der Waals surface area contributed by atoms with E-state index in [1.165, 1.54) is 23.0 Å². The normalized spacial score (nSPS) is 14.8. The molecule has 7 nitrogen and oxygen atoms in total. The van der Waals surface area contributed by atoms with Gasteiger partial charge < -0.3 is 15.1 Å². The van der Waals surface area contributed by atoms with Gasteiger partial charge in [-0.2, -0.15) is 0 Å². The highest BCUT2D eigenvalue weighted by molar-refractivity contribution is 5.79. The number of halogens is 1. The topological polar surface area (TPSA) is 70.5 Å². The standard InChI is InChI=1S/C22H24FN5O2/c1-26-8-10-27(11-9-26)20-5-3-2-4-16(20)13-24-21(29)14-28-15-25-19-7-6-17(23)12-18(19)22(28)30/h2-7,12,15H,8-11,13-14H2,1H3,(H,24,29). The molecule has 3 aromatic rings. The van der Waals surface area contributed by atoms with Gasteiger partial charge in [0.2, 0.25) is 5.91 Å². The molecule has 4 rings (SSSR count). The molecule has 0 unspecified atom stereocenters. The van der Waals surface area contributed by atoms with Crippen LogP contribution in [0.25, 0.3) is 10.9 Å². The number of amides is 1. The highest BCUT2D eigenvalue weighted by atomic mass is 19.1. The van der Waals surface area contributed by atoms with E-state index in [9.17, 15) is 14.0 Å². The number of benzene rings is 2. The summed E-state index contributed by atoms with van der Waals surface area (Å²) in [4.78, 5) is 33.8. The fourth-order valence-corrected chi connectivity index (χ4v) is 3.66. The molecule has 8 heteroatoms. The van der Waals surface area contributed by atoms with Crippen LogP contribution < -0.4 is 15.8 Å². The van der Waals surface area contributed by atoms with Crippen molar-refractivity contribution in [2.75, 3.05) is 38.1 Å². The molecule has 1 N–H and O–H groups in total. The monoisotopic (exact) mass is 409 g/mol. The molecule has 0 saturated carbocycles. The molecule has 1 aliphatic heterocycles. The van der Waals surface area contributed by atoms with Crippen molar-refractivity contribution >= 4 is 22.5 Å². The van der Waals surface area contributed by atoms with E-state index in [-0.39, 0.29) is 17.8 Å². The van der Waals surface area contributed by atoms with E-state index in [0.717, 1.165) is 43.5 Å². The summed E-state index contributed by atoms with van der Waals surface area (Å²) in [5.74, 6) is -0.813. The van der Waals surface area contributed by atoms with Crippen LogP contribution in [-0.2, 0) is 17.9 Å². The first kappa shape index (κ1) is 20.0. The molecule has 0 bridgehead atoms. The van der Waals surface area contributed by atoms with Gasteiger partial charge in [-0.1, -0.05) is 18.2 Å². The van der Waals surface area contributed by atoms with Crippen molar-refractivity contribution in [1.82, 2.24) is 19.8 Å². The zero-order valence-corrected chi connectivity index (χ0v) is 16.8. The summed E-state index contributed by atoms with van der Waals surface area (Å²) in [7, 11) is 2.11. The lowest BCUT2D eigenvalue weighted by atomic mass is 10.1. The quantitative estimate of drug-likeness (QED) is 0.693. The van der Waals surface area contributed by atoms with Gasteiger partial charge in [0.25, 0.3) is 5.56 Å². The van der Waals surface area contributed by atoms with Crippen LogP contribution in [0.3, 0.4) is 0 Å². The van der Waals surface area contributed by atoms with E-state index in [0.29, 0.717) is 12.1 Å². The predicted octanol–water partition coefficient (Wildman–Crippen LogP) is 1.60. The van der Waals surface area contributed by atoms with Crippen molar-refractivity contribution in [3.63, 3.8) is 0 Å². The van der Waals surface area contributed by atoms with Gasteiger partial charge in [-0.05, 0) is 36.9 Å². The van der Waals surface area contributed by atoms with Gasteiger partial charge >= 0.3 is 0 Å². The Kier molecular flexibility index (Phi) is 5.76. The van der Waals surface area contributed by atoms with E-state index in [4.69, 9.17) is 0 Å². The van der Waals surface area contributed by atoms with Gasteiger partial charge in [0, 0.05) is 38.4 Å². The molecule has 156 valence electrons. The van der Waals surface area contributed by atoms with Crippen molar-refractivity contribution in [3.05, 3.63) is 70.5 Å². The summed E-state index contributed by atoms with van der Waals surface area (Å²) >= 11 is 0. The first-order chi connectivity index (χ1) is 14.5. The number of likely N-dealkylation sites (N-methyl/N-ethyl adjacent to an activating group) is 1. The van der Waals surface area contributed by atoms with E-state index in [1.54, 1.807) is 0 Å². The number of fused-ring (bicyclic) bond motifs is 1. The Morgan fingerprint density at radius 2 is 1.90 bits per heavy atom. The first-order valence-corrected chi connectivity index (χ1v) is 9.94. The zero-order valence-electron chi connectivity index (χ0n) is 16.8. The highest BCUT2D eigenvalue weighted by Gasteiger charge is 2.17. The van der Waals surface area contributed by atoms with Crippen molar-refractivity contribution in [2.24, 2.45) is 0 Å². The lowest BCUT2D eigenvalue weighted by molar-refractivity contribution is -0.121. The number of anilines is 1. The molecule has 1 aliphatic rings. The molecule has 1 fully saturated rings. The van der Waals surface area contributed by atoms with Crippen LogP contribution in [0.15, 0.2) is 53.6 Å². The fraction of sp³-hybridized carbons (Fsp3) is 0.318. The Labute approximate surface area is 173 Å². The second kappa shape index (κ2) is 8.62. The minimum Gasteiger partial charge on any atom is -0.369 e. The summed E-state index contributed by atoms with van der Waals surface area (Å²) in [5.41, 5.74) is 2.11. The van der Waals surface area contributed by atoms with Gasteiger partial charge in [0.15, 0.2) is 0 Å². The summed E-state index contributed by atoms with van der Waals surface area (Å²) in [6, 6.07) is 11.9. The third-order valence-corrected chi connectivity index (χ3v) is 5.41. The largest absolute Gasteiger partial charge is 0.369 e. The third-order valence-electron chi connectivity index (χ3n) is 5.41. The number of rotatable bonds is 5. The van der Waals surface area contributed by atoms with Gasteiger partial charge in [0.1, 0.15) is 12.4 Å². The molecular formula is C22H24FN5O2. The average molecular weight is 409 g/mol. The lowest BCUT2D eigenvalue weighted by Crippen LogP contribution is -2.45. The van der Waals surface area contributed by atoms with Crippen LogP contribution in [0, 0.1) is 5.82 Å². The fourth-order valence-electron chi connectivity index (χ4n) is 3.66. The molecule has 1 saturated heterocycles. The Morgan fingerprint density at radius 1 is 1.13 bits per heavy atom. The summed E-state index contributed by atoms with van der Waals surface area (Å²) in [6.45, 7) is 4.07. The number of hydrogen-bond acceptors (Lipinski definition) is 5. The van der Waals surface area contributed by atoms with Gasteiger partial charge in [-0.25, -0.2) is 9.37 Å². The lowest BCUT2D eigenvalue weighted by Gasteiger charge is -2.35. The second-order valence-corrected chi connectivity index (χ2v) is 7.53. The van der Waals surface area contributed by atoms with Crippen molar-refractivity contribution in [3.8, 4) is 0 Å². The number of para-hydroxylation sites is 1. The summed E-state index contributed by atoms with van der Waals surface area (Å²) in [5, 5.41) is 3.04. The minimum absolute atomic E-state index is 0.158. The molecule has 0 aliphatic carbocycles. The molecule has 0 atom stereocenters. The van der Waals surface area contributed by atoms with E-state index in [1.807, 2.05) is 18.2 Å². The molecule has 1 amide bonds. The second-order valence-electron chi connectivity index (χ2n) is 7.53. The summed E-state index contributed by atoms with van der Waals surface area (Å²) < 4.78 is 14.7. The molecule has 2 aromatic carbocycles. The number of carbonyl (C=O) groups excluding carboxylic acids is 1. The van der Waals surface area contributed by atoms with E-state index < -0.39 is 11.4 Å². The smallest absolute Gasteiger partial charge is 0.261 e. The molecule has 0 radical (unpaired) electrons. The maximum Gasteiger partial charge on any atom is 0.261 e. The molecule has 0 spiro atoms. The number of nitrogens with one attached hydrogen (secondary N) is 1. The number of hydrogen-bond donors (Lipinski definition) is 1. The zero-order chi connectivity index (χ0) is 21.1. The number of carbonyl (C=O) groups is 1. The van der Waals surface area contributed by atoms with Crippen molar-refractivity contribution < 1.29 is 9.18 Å². The Bertz CT molecular complexity index is 1120. The van der Waals surface area contributed by atoms with Gasteiger partial charge in [0.05, 0.1) is 17.2 Å². The average Bonchev–Trinajstić information content (AvgIpc) is 2.75. The Morgan fingerprint density at radius 3 is 2.70 bits per heavy atom. The Hall–Kier alpha value is -3.26. The maximum atomic E-state index is 13.5. The minimum atomic E-state index is -0.510. The van der Waals surface area contributed by atoms with Crippen LogP contribution in [0.5, 0.6) is 0 Å². The first-order valence-electron chi connectivity index (χ1n) is 9.94.